The van der Waals surface area contributed by atoms with Crippen molar-refractivity contribution < 1.29 is 13.2 Å². The summed E-state index contributed by atoms with van der Waals surface area (Å²) in [5.41, 5.74) is 3.70. The summed E-state index contributed by atoms with van der Waals surface area (Å²) in [5.74, 6) is 0.510. The fourth-order valence-electron chi connectivity index (χ4n) is 2.85. The van der Waals surface area contributed by atoms with Crippen molar-refractivity contribution in [3.05, 3.63) is 89.5 Å². The van der Waals surface area contributed by atoms with Crippen molar-refractivity contribution in [3.8, 4) is 5.75 Å². The summed E-state index contributed by atoms with van der Waals surface area (Å²) >= 11 is 0. The van der Waals surface area contributed by atoms with Crippen LogP contribution in [0.15, 0.2) is 77.7 Å². The molecule has 0 aliphatic heterocycles. The molecule has 5 heteroatoms. The number of ether oxygens (including phenoxy) is 1. The molecule has 0 saturated carbocycles. The maximum absolute atomic E-state index is 13.5. The van der Waals surface area contributed by atoms with E-state index in [1.54, 1.807) is 24.3 Å². The Balaban J connectivity index is 2.08. The number of rotatable bonds is 6. The maximum atomic E-state index is 13.5. The fraction of sp³-hybridized carbons (Fsp3) is 0.182. The number of methoxy groups -OCH3 is 1. The Kier molecular flexibility index (Phi) is 5.51. The largest absolute Gasteiger partial charge is 0.497 e. The minimum absolute atomic E-state index is 0.204. The Bertz CT molecular complexity index is 1030. The molecular weight excluding hydrogens is 358 g/mol. The highest BCUT2D eigenvalue weighted by Gasteiger charge is 2.25. The Morgan fingerprint density at radius 1 is 0.852 bits per heavy atom. The number of hydrogen-bond acceptors (Lipinski definition) is 3. The van der Waals surface area contributed by atoms with E-state index in [1.165, 1.54) is 11.4 Å². The predicted molar refractivity (Wildman–Crippen MR) is 109 cm³/mol. The number of benzene rings is 3. The normalized spacial score (nSPS) is 11.2. The number of nitrogens with zero attached hydrogens (tertiary/aromatic N) is 1. The molecular formula is C22H23NO3S. The molecule has 0 aliphatic rings. The van der Waals surface area contributed by atoms with Gasteiger partial charge < -0.3 is 4.74 Å². The summed E-state index contributed by atoms with van der Waals surface area (Å²) in [6, 6.07) is 22.0. The highest BCUT2D eigenvalue weighted by molar-refractivity contribution is 7.92. The van der Waals surface area contributed by atoms with Gasteiger partial charge in [0.15, 0.2) is 0 Å². The first kappa shape index (κ1) is 19.0. The van der Waals surface area contributed by atoms with Crippen LogP contribution in [0.3, 0.4) is 0 Å². The highest BCUT2D eigenvalue weighted by atomic mass is 32.2. The first-order valence-corrected chi connectivity index (χ1v) is 10.1. The van der Waals surface area contributed by atoms with E-state index in [0.29, 0.717) is 11.4 Å². The van der Waals surface area contributed by atoms with Crippen LogP contribution >= 0.6 is 0 Å². The minimum atomic E-state index is -3.76. The second kappa shape index (κ2) is 7.84. The molecule has 27 heavy (non-hydrogen) atoms. The molecule has 3 aromatic carbocycles. The first-order valence-electron chi connectivity index (χ1n) is 8.69. The zero-order chi connectivity index (χ0) is 19.4. The predicted octanol–water partition coefficient (Wildman–Crippen LogP) is 4.71. The summed E-state index contributed by atoms with van der Waals surface area (Å²) < 4.78 is 33.6. The standard InChI is InChI=1S/C22H23NO3S/c1-17-10-12-19(13-11-17)16-23(20-7-4-6-18(2)14-20)27(24,25)22-9-5-8-21(15-22)26-3/h4-15H,16H2,1-3H3. The average Bonchev–Trinajstić information content (AvgIpc) is 2.67. The van der Waals surface area contributed by atoms with Gasteiger partial charge >= 0.3 is 0 Å². The fourth-order valence-corrected chi connectivity index (χ4v) is 4.33. The monoisotopic (exact) mass is 381 g/mol. The Morgan fingerprint density at radius 3 is 2.22 bits per heavy atom. The molecule has 4 nitrogen and oxygen atoms in total. The third kappa shape index (κ3) is 4.31. The second-order valence-corrected chi connectivity index (χ2v) is 8.38. The average molecular weight is 381 g/mol. The lowest BCUT2D eigenvalue weighted by Gasteiger charge is -2.25. The van der Waals surface area contributed by atoms with Crippen LogP contribution in [-0.2, 0) is 16.6 Å². The number of anilines is 1. The molecule has 3 rings (SSSR count). The van der Waals surface area contributed by atoms with Gasteiger partial charge in [-0.05, 0) is 49.2 Å². The van der Waals surface area contributed by atoms with Crippen LogP contribution in [0.4, 0.5) is 5.69 Å². The van der Waals surface area contributed by atoms with E-state index >= 15 is 0 Å². The zero-order valence-electron chi connectivity index (χ0n) is 15.7. The van der Waals surface area contributed by atoms with Crippen LogP contribution in [0.2, 0.25) is 0 Å². The first-order chi connectivity index (χ1) is 12.9. The van der Waals surface area contributed by atoms with Gasteiger partial charge in [-0.1, -0.05) is 48.0 Å². The lowest BCUT2D eigenvalue weighted by Crippen LogP contribution is -2.30. The van der Waals surface area contributed by atoms with Gasteiger partial charge in [-0.3, -0.25) is 4.31 Å². The third-order valence-electron chi connectivity index (χ3n) is 4.37. The van der Waals surface area contributed by atoms with Gasteiger partial charge in [0.25, 0.3) is 10.0 Å². The summed E-state index contributed by atoms with van der Waals surface area (Å²) in [6.45, 7) is 4.21. The zero-order valence-corrected chi connectivity index (χ0v) is 16.5. The Morgan fingerprint density at radius 2 is 1.56 bits per heavy atom. The molecule has 0 N–H and O–H groups in total. The molecule has 0 heterocycles. The van der Waals surface area contributed by atoms with Crippen LogP contribution < -0.4 is 9.04 Å². The van der Waals surface area contributed by atoms with Crippen molar-refractivity contribution in [2.75, 3.05) is 11.4 Å². The van der Waals surface area contributed by atoms with Crippen molar-refractivity contribution in [2.24, 2.45) is 0 Å². The molecule has 0 fully saturated rings. The van der Waals surface area contributed by atoms with E-state index in [4.69, 9.17) is 4.74 Å². The van der Waals surface area contributed by atoms with Crippen molar-refractivity contribution in [3.63, 3.8) is 0 Å². The van der Waals surface area contributed by atoms with Crippen molar-refractivity contribution in [1.82, 2.24) is 0 Å². The summed E-state index contributed by atoms with van der Waals surface area (Å²) in [7, 11) is -2.23. The molecule has 0 unspecified atom stereocenters. The van der Waals surface area contributed by atoms with Gasteiger partial charge in [-0.2, -0.15) is 0 Å². The van der Waals surface area contributed by atoms with Gasteiger partial charge in [-0.25, -0.2) is 8.42 Å². The summed E-state index contributed by atoms with van der Waals surface area (Å²) in [5, 5.41) is 0. The van der Waals surface area contributed by atoms with Crippen LogP contribution in [0.25, 0.3) is 0 Å². The highest BCUT2D eigenvalue weighted by Crippen LogP contribution is 2.28. The van der Waals surface area contributed by atoms with Gasteiger partial charge in [0.2, 0.25) is 0 Å². The van der Waals surface area contributed by atoms with Gasteiger partial charge in [0.1, 0.15) is 5.75 Å². The molecule has 0 spiro atoms. The number of hydrogen-bond donors (Lipinski definition) is 0. The van der Waals surface area contributed by atoms with Gasteiger partial charge in [0.05, 0.1) is 24.2 Å². The second-order valence-electron chi connectivity index (χ2n) is 6.52. The van der Waals surface area contributed by atoms with E-state index in [0.717, 1.165) is 16.7 Å². The van der Waals surface area contributed by atoms with Gasteiger partial charge in [0, 0.05) is 6.07 Å². The SMILES string of the molecule is COc1cccc(S(=O)(=O)N(Cc2ccc(C)cc2)c2cccc(C)c2)c1. The third-order valence-corrected chi connectivity index (χ3v) is 6.14. The smallest absolute Gasteiger partial charge is 0.264 e. The molecule has 3 aromatic rings. The van der Waals surface area contributed by atoms with Crippen molar-refractivity contribution in [2.45, 2.75) is 25.3 Å². The van der Waals surface area contributed by atoms with E-state index < -0.39 is 10.0 Å². The molecule has 0 amide bonds. The van der Waals surface area contributed by atoms with Crippen LogP contribution in [0.1, 0.15) is 16.7 Å². The topological polar surface area (TPSA) is 46.6 Å². The quantitative estimate of drug-likeness (QED) is 0.621. The molecule has 140 valence electrons. The van der Waals surface area contributed by atoms with E-state index in [-0.39, 0.29) is 11.4 Å². The lowest BCUT2D eigenvalue weighted by atomic mass is 10.1. The molecule has 0 radical (unpaired) electrons. The van der Waals surface area contributed by atoms with E-state index in [1.807, 2.05) is 62.4 Å². The molecule has 0 bridgehead atoms. The van der Waals surface area contributed by atoms with Crippen molar-refractivity contribution >= 4 is 15.7 Å². The lowest BCUT2D eigenvalue weighted by molar-refractivity contribution is 0.413. The van der Waals surface area contributed by atoms with Crippen LogP contribution in [0.5, 0.6) is 5.75 Å². The Hall–Kier alpha value is -2.79. The minimum Gasteiger partial charge on any atom is -0.497 e. The van der Waals surface area contributed by atoms with Crippen molar-refractivity contribution in [1.29, 1.82) is 0 Å². The summed E-state index contributed by atoms with van der Waals surface area (Å²) in [4.78, 5) is 0.204. The maximum Gasteiger partial charge on any atom is 0.264 e. The number of aryl methyl sites for hydroxylation is 2. The molecule has 0 atom stereocenters. The van der Waals surface area contributed by atoms with E-state index in [2.05, 4.69) is 0 Å². The number of sulfonamides is 1. The van der Waals surface area contributed by atoms with E-state index in [9.17, 15) is 8.42 Å². The molecule has 0 aromatic heterocycles. The Labute approximate surface area is 161 Å². The van der Waals surface area contributed by atoms with Gasteiger partial charge in [-0.15, -0.1) is 0 Å². The van der Waals surface area contributed by atoms with Crippen LogP contribution in [-0.4, -0.2) is 15.5 Å². The molecule has 0 aliphatic carbocycles. The summed E-state index contributed by atoms with van der Waals surface area (Å²) in [6.07, 6.45) is 0. The molecule has 0 saturated heterocycles. The van der Waals surface area contributed by atoms with Crippen LogP contribution in [0, 0.1) is 13.8 Å².